The maximum absolute atomic E-state index is 12.5. The van der Waals surface area contributed by atoms with Crippen molar-refractivity contribution in [1.29, 1.82) is 0 Å². The van der Waals surface area contributed by atoms with Crippen molar-refractivity contribution in [2.24, 2.45) is 0 Å². The van der Waals surface area contributed by atoms with Crippen molar-refractivity contribution in [2.45, 2.75) is 25.2 Å². The third kappa shape index (κ3) is 2.44. The van der Waals surface area contributed by atoms with Crippen molar-refractivity contribution in [3.8, 4) is 0 Å². The first-order valence-corrected chi connectivity index (χ1v) is 7.71. The monoisotopic (exact) mass is 336 g/mol. The Morgan fingerprint density at radius 2 is 2.26 bits per heavy atom. The zero-order chi connectivity index (χ0) is 13.5. The van der Waals surface area contributed by atoms with E-state index in [-0.39, 0.29) is 11.3 Å². The second kappa shape index (κ2) is 4.72. The van der Waals surface area contributed by atoms with Gasteiger partial charge in [0.25, 0.3) is 0 Å². The van der Waals surface area contributed by atoms with Crippen molar-refractivity contribution in [2.75, 3.05) is 5.32 Å². The minimum atomic E-state index is -0.358. The van der Waals surface area contributed by atoms with Crippen LogP contribution in [0.5, 0.6) is 0 Å². The smallest absolute Gasteiger partial charge is 0.236 e. The van der Waals surface area contributed by atoms with Crippen LogP contribution in [0.15, 0.2) is 34.9 Å². The number of carbonyl (C=O) groups is 1. The molecule has 1 aliphatic carbocycles. The molecular formula is C14H13BrN2OS. The standard InChI is InChI=1S/C14H13BrN2OS/c1-9-8-16-13(19-9)17-12(18)14(5-6-14)10-3-2-4-11(15)7-10/h2-4,7-8H,5-6H2,1H3,(H,16,17,18). The van der Waals surface area contributed by atoms with Gasteiger partial charge in [-0.05, 0) is 37.5 Å². The summed E-state index contributed by atoms with van der Waals surface area (Å²) in [5.74, 6) is 0.0555. The fraction of sp³-hybridized carbons (Fsp3) is 0.286. The number of aromatic nitrogens is 1. The number of carbonyl (C=O) groups excluding carboxylic acids is 1. The fourth-order valence-electron chi connectivity index (χ4n) is 2.19. The van der Waals surface area contributed by atoms with E-state index in [4.69, 9.17) is 0 Å². The molecule has 0 unspecified atom stereocenters. The van der Waals surface area contributed by atoms with Gasteiger partial charge in [0.05, 0.1) is 5.41 Å². The summed E-state index contributed by atoms with van der Waals surface area (Å²) in [6, 6.07) is 7.99. The lowest BCUT2D eigenvalue weighted by molar-refractivity contribution is -0.118. The van der Waals surface area contributed by atoms with E-state index in [1.54, 1.807) is 6.20 Å². The maximum atomic E-state index is 12.5. The van der Waals surface area contributed by atoms with Crippen molar-refractivity contribution in [3.05, 3.63) is 45.4 Å². The number of thiazole rings is 1. The molecule has 1 fully saturated rings. The molecule has 3 nitrogen and oxygen atoms in total. The van der Waals surface area contributed by atoms with Gasteiger partial charge in [0.1, 0.15) is 0 Å². The summed E-state index contributed by atoms with van der Waals surface area (Å²) >= 11 is 4.97. The second-order valence-corrected chi connectivity index (χ2v) is 6.97. The van der Waals surface area contributed by atoms with E-state index in [9.17, 15) is 4.79 Å². The summed E-state index contributed by atoms with van der Waals surface area (Å²) in [5.41, 5.74) is 0.719. The fourth-order valence-corrected chi connectivity index (χ4v) is 3.25. The van der Waals surface area contributed by atoms with Crippen molar-refractivity contribution < 1.29 is 4.79 Å². The first-order chi connectivity index (χ1) is 9.10. The largest absolute Gasteiger partial charge is 0.301 e. The lowest BCUT2D eigenvalue weighted by Gasteiger charge is -2.14. The number of nitrogens with one attached hydrogen (secondary N) is 1. The van der Waals surface area contributed by atoms with Crippen molar-refractivity contribution in [3.63, 3.8) is 0 Å². The minimum Gasteiger partial charge on any atom is -0.301 e. The highest BCUT2D eigenvalue weighted by Gasteiger charge is 2.51. The van der Waals surface area contributed by atoms with E-state index in [0.29, 0.717) is 5.13 Å². The summed E-state index contributed by atoms with van der Waals surface area (Å²) in [7, 11) is 0. The van der Waals surface area contributed by atoms with Gasteiger partial charge in [-0.1, -0.05) is 28.1 Å². The Labute approximate surface area is 124 Å². The molecule has 1 aromatic carbocycles. The molecule has 0 bridgehead atoms. The van der Waals surface area contributed by atoms with Crippen LogP contribution in [0.4, 0.5) is 5.13 Å². The molecule has 98 valence electrons. The van der Waals surface area contributed by atoms with Gasteiger partial charge in [-0.2, -0.15) is 0 Å². The molecule has 0 atom stereocenters. The predicted octanol–water partition coefficient (Wildman–Crippen LogP) is 3.88. The predicted molar refractivity (Wildman–Crippen MR) is 80.5 cm³/mol. The van der Waals surface area contributed by atoms with Gasteiger partial charge >= 0.3 is 0 Å². The van der Waals surface area contributed by atoms with Crippen LogP contribution >= 0.6 is 27.3 Å². The van der Waals surface area contributed by atoms with E-state index in [1.165, 1.54) is 11.3 Å². The Balaban J connectivity index is 1.83. The Morgan fingerprint density at radius 3 is 2.84 bits per heavy atom. The van der Waals surface area contributed by atoms with Crippen LogP contribution in [0.25, 0.3) is 0 Å². The van der Waals surface area contributed by atoms with E-state index >= 15 is 0 Å². The van der Waals surface area contributed by atoms with Gasteiger partial charge in [0.2, 0.25) is 5.91 Å². The lowest BCUT2D eigenvalue weighted by atomic mass is 9.95. The lowest BCUT2D eigenvalue weighted by Crippen LogP contribution is -2.27. The third-order valence-electron chi connectivity index (χ3n) is 3.40. The Morgan fingerprint density at radius 1 is 1.47 bits per heavy atom. The van der Waals surface area contributed by atoms with E-state index in [1.807, 2.05) is 31.2 Å². The molecule has 0 aliphatic heterocycles. The van der Waals surface area contributed by atoms with Crippen LogP contribution in [0.1, 0.15) is 23.3 Å². The maximum Gasteiger partial charge on any atom is 0.236 e. The third-order valence-corrected chi connectivity index (χ3v) is 4.73. The first-order valence-electron chi connectivity index (χ1n) is 6.10. The zero-order valence-corrected chi connectivity index (χ0v) is 12.8. The molecule has 1 saturated carbocycles. The summed E-state index contributed by atoms with van der Waals surface area (Å²) in [5, 5.41) is 3.62. The highest BCUT2D eigenvalue weighted by molar-refractivity contribution is 9.10. The molecule has 1 amide bonds. The highest BCUT2D eigenvalue weighted by Crippen LogP contribution is 2.49. The number of aryl methyl sites for hydroxylation is 1. The van der Waals surface area contributed by atoms with Gasteiger partial charge in [-0.3, -0.25) is 4.79 Å². The number of anilines is 1. The minimum absolute atomic E-state index is 0.0555. The van der Waals surface area contributed by atoms with Crippen LogP contribution < -0.4 is 5.32 Å². The van der Waals surface area contributed by atoms with Gasteiger partial charge in [0.15, 0.2) is 5.13 Å². The average molecular weight is 337 g/mol. The number of amides is 1. The normalized spacial score (nSPS) is 16.1. The second-order valence-electron chi connectivity index (χ2n) is 4.82. The van der Waals surface area contributed by atoms with E-state index in [0.717, 1.165) is 27.8 Å². The van der Waals surface area contributed by atoms with Gasteiger partial charge in [-0.15, -0.1) is 11.3 Å². The molecule has 5 heteroatoms. The number of benzene rings is 1. The van der Waals surface area contributed by atoms with Crippen LogP contribution in [0.2, 0.25) is 0 Å². The molecule has 0 radical (unpaired) electrons. The van der Waals surface area contributed by atoms with Crippen molar-refractivity contribution >= 4 is 38.3 Å². The molecule has 1 N–H and O–H groups in total. The Bertz CT molecular complexity index is 634. The first kappa shape index (κ1) is 12.8. The van der Waals surface area contributed by atoms with Crippen LogP contribution in [0, 0.1) is 6.92 Å². The summed E-state index contributed by atoms with van der Waals surface area (Å²) < 4.78 is 1.01. The zero-order valence-electron chi connectivity index (χ0n) is 10.4. The van der Waals surface area contributed by atoms with E-state index < -0.39 is 0 Å². The molecule has 0 spiro atoms. The molecule has 1 heterocycles. The molecule has 0 saturated heterocycles. The van der Waals surface area contributed by atoms with Crippen LogP contribution in [0.3, 0.4) is 0 Å². The molecule has 1 aromatic heterocycles. The number of rotatable bonds is 3. The average Bonchev–Trinajstić information content (AvgIpc) is 3.09. The van der Waals surface area contributed by atoms with E-state index in [2.05, 4.69) is 26.2 Å². The van der Waals surface area contributed by atoms with Crippen molar-refractivity contribution in [1.82, 2.24) is 4.98 Å². The topological polar surface area (TPSA) is 42.0 Å². The molecule has 1 aliphatic rings. The molecule has 19 heavy (non-hydrogen) atoms. The summed E-state index contributed by atoms with van der Waals surface area (Å²) in [6.45, 7) is 1.98. The summed E-state index contributed by atoms with van der Waals surface area (Å²) in [4.78, 5) is 17.7. The number of hydrogen-bond acceptors (Lipinski definition) is 3. The van der Waals surface area contributed by atoms with Crippen LogP contribution in [-0.4, -0.2) is 10.9 Å². The number of nitrogens with zero attached hydrogens (tertiary/aromatic N) is 1. The molecular weight excluding hydrogens is 324 g/mol. The summed E-state index contributed by atoms with van der Waals surface area (Å²) in [6.07, 6.45) is 3.58. The number of halogens is 1. The number of hydrogen-bond donors (Lipinski definition) is 1. The molecule has 3 rings (SSSR count). The van der Waals surface area contributed by atoms with Crippen LogP contribution in [-0.2, 0) is 10.2 Å². The van der Waals surface area contributed by atoms with Gasteiger partial charge in [-0.25, -0.2) is 4.98 Å². The molecule has 2 aromatic rings. The SMILES string of the molecule is Cc1cnc(NC(=O)C2(c3cccc(Br)c3)CC2)s1. The highest BCUT2D eigenvalue weighted by atomic mass is 79.9. The quantitative estimate of drug-likeness (QED) is 0.923. The van der Waals surface area contributed by atoms with Gasteiger partial charge < -0.3 is 5.32 Å². The Hall–Kier alpha value is -1.20. The Kier molecular flexibility index (Phi) is 3.19. The van der Waals surface area contributed by atoms with Gasteiger partial charge in [0, 0.05) is 15.5 Å².